The van der Waals surface area contributed by atoms with Gasteiger partial charge in [-0.25, -0.2) is 9.98 Å². The highest BCUT2D eigenvalue weighted by molar-refractivity contribution is 6.31. The first-order valence-corrected chi connectivity index (χ1v) is 8.87. The zero-order valence-corrected chi connectivity index (χ0v) is 14.1. The Morgan fingerprint density at radius 1 is 1.25 bits per heavy atom. The fraction of sp³-hybridized carbons (Fsp3) is 0.444. The molecule has 2 bridgehead atoms. The van der Waals surface area contributed by atoms with E-state index in [1.807, 2.05) is 30.5 Å². The lowest BCUT2D eigenvalue weighted by atomic mass is 9.74. The number of piperidine rings is 3. The second-order valence-electron chi connectivity index (χ2n) is 7.09. The minimum absolute atomic E-state index is 0.102. The van der Waals surface area contributed by atoms with Crippen molar-refractivity contribution in [1.29, 1.82) is 0 Å². The predicted octanol–water partition coefficient (Wildman–Crippen LogP) is 3.31. The Morgan fingerprint density at radius 2 is 2.12 bits per heavy atom. The molecule has 1 N–H and O–H groups in total. The van der Waals surface area contributed by atoms with Gasteiger partial charge < -0.3 is 4.90 Å². The summed E-state index contributed by atoms with van der Waals surface area (Å²) in [5.41, 5.74) is 2.97. The standard InChI is InChI=1S/C18H19ClN4O/c19-15-2-1-12-10-20-16(8-13(12)7-15)21-17-9-18(24-22-17)11-23-5-3-14(18)4-6-23/h1-2,7-8,10,14H,3-6,9,11H2,(H,20,21,22)/t18-/m0/s1. The highest BCUT2D eigenvalue weighted by Crippen LogP contribution is 2.42. The number of pyridine rings is 1. The largest absolute Gasteiger partial charge is 0.300 e. The average molecular weight is 343 g/mol. The molecule has 0 amide bonds. The summed E-state index contributed by atoms with van der Waals surface area (Å²) in [5, 5.41) is 2.84. The Labute approximate surface area is 145 Å². The number of fused-ring (bicyclic) bond motifs is 3. The number of benzene rings is 1. The highest BCUT2D eigenvalue weighted by Gasteiger charge is 2.52. The first-order valence-electron chi connectivity index (χ1n) is 8.49. The van der Waals surface area contributed by atoms with Gasteiger partial charge in [0.1, 0.15) is 11.4 Å². The molecule has 1 spiro atoms. The van der Waals surface area contributed by atoms with Crippen molar-refractivity contribution in [2.24, 2.45) is 10.9 Å². The second-order valence-corrected chi connectivity index (χ2v) is 7.53. The number of hydrogen-bond acceptors (Lipinski definition) is 4. The van der Waals surface area contributed by atoms with Crippen LogP contribution in [0.5, 0.6) is 0 Å². The lowest BCUT2D eigenvalue weighted by Crippen LogP contribution is -2.59. The molecule has 4 aliphatic rings. The van der Waals surface area contributed by atoms with E-state index in [0.29, 0.717) is 11.7 Å². The molecule has 0 aliphatic carbocycles. The van der Waals surface area contributed by atoms with Crippen LogP contribution in [0.25, 0.3) is 10.8 Å². The van der Waals surface area contributed by atoms with E-state index in [2.05, 4.69) is 20.4 Å². The first-order chi connectivity index (χ1) is 11.7. The monoisotopic (exact) mass is 342 g/mol. The van der Waals surface area contributed by atoms with Gasteiger partial charge in [-0.2, -0.15) is 0 Å². The number of hydrogen-bond donors (Lipinski definition) is 1. The Kier molecular flexibility index (Phi) is 3.30. The quantitative estimate of drug-likeness (QED) is 0.863. The predicted molar refractivity (Wildman–Crippen MR) is 94.6 cm³/mol. The Hall–Kier alpha value is -1.69. The van der Waals surface area contributed by atoms with E-state index in [9.17, 15) is 0 Å². The third-order valence-electron chi connectivity index (χ3n) is 5.58. The summed E-state index contributed by atoms with van der Waals surface area (Å²) in [5.74, 6) is 2.19. The van der Waals surface area contributed by atoms with Gasteiger partial charge in [0.2, 0.25) is 0 Å². The maximum absolute atomic E-state index is 6.08. The molecule has 0 saturated carbocycles. The molecule has 124 valence electrons. The molecule has 5 nitrogen and oxygen atoms in total. The van der Waals surface area contributed by atoms with Crippen molar-refractivity contribution in [1.82, 2.24) is 15.4 Å². The van der Waals surface area contributed by atoms with Gasteiger partial charge in [-0.05, 0) is 55.4 Å². The van der Waals surface area contributed by atoms with Crippen molar-refractivity contribution in [2.45, 2.75) is 24.9 Å². The molecule has 1 aromatic carbocycles. The summed E-state index contributed by atoms with van der Waals surface area (Å²) in [6.07, 6.45) is 5.12. The number of hydroxylamine groups is 1. The molecule has 6 heteroatoms. The van der Waals surface area contributed by atoms with E-state index >= 15 is 0 Å². The number of amidine groups is 1. The van der Waals surface area contributed by atoms with E-state index in [0.717, 1.165) is 34.6 Å². The van der Waals surface area contributed by atoms with Crippen molar-refractivity contribution < 1.29 is 4.84 Å². The van der Waals surface area contributed by atoms with Crippen molar-refractivity contribution in [3.63, 3.8) is 0 Å². The summed E-state index contributed by atoms with van der Waals surface area (Å²) in [6, 6.07) is 7.76. The lowest BCUT2D eigenvalue weighted by Gasteiger charge is -2.49. The van der Waals surface area contributed by atoms with Crippen molar-refractivity contribution in [2.75, 3.05) is 19.6 Å². The maximum Gasteiger partial charge on any atom is 0.154 e. The topological polar surface area (TPSA) is 49.8 Å². The van der Waals surface area contributed by atoms with Gasteiger partial charge in [-0.3, -0.25) is 10.3 Å². The minimum atomic E-state index is -0.102. The van der Waals surface area contributed by atoms with Crippen molar-refractivity contribution in [3.05, 3.63) is 35.5 Å². The Balaban J connectivity index is 1.43. The number of nitrogens with zero attached hydrogens (tertiary/aromatic N) is 3. The van der Waals surface area contributed by atoms with Gasteiger partial charge in [0, 0.05) is 29.6 Å². The number of aromatic nitrogens is 1. The molecule has 1 aromatic heterocycles. The van der Waals surface area contributed by atoms with Crippen molar-refractivity contribution in [3.8, 4) is 0 Å². The smallest absolute Gasteiger partial charge is 0.154 e. The summed E-state index contributed by atoms with van der Waals surface area (Å²) >= 11 is 6.08. The summed E-state index contributed by atoms with van der Waals surface area (Å²) in [4.78, 5) is 17.7. The zero-order chi connectivity index (χ0) is 16.1. The molecule has 4 aliphatic heterocycles. The molecular weight excluding hydrogens is 324 g/mol. The minimum Gasteiger partial charge on any atom is -0.300 e. The van der Waals surface area contributed by atoms with Crippen molar-refractivity contribution >= 4 is 34.0 Å². The molecule has 6 rings (SSSR count). The van der Waals surface area contributed by atoms with E-state index < -0.39 is 0 Å². The number of aliphatic imine (C=N–C) groups is 1. The molecule has 4 fully saturated rings. The van der Waals surface area contributed by atoms with Gasteiger partial charge in [0.25, 0.3) is 0 Å². The Morgan fingerprint density at radius 3 is 2.92 bits per heavy atom. The van der Waals surface area contributed by atoms with Gasteiger partial charge in [0.05, 0.1) is 0 Å². The SMILES string of the molecule is Clc1ccc2cnc(N=C3C[C@@]4(CN5CCC4CC5)ON3)cc2c1. The summed E-state index contributed by atoms with van der Waals surface area (Å²) in [6.45, 7) is 3.41. The molecule has 2 aromatic rings. The van der Waals surface area contributed by atoms with Crippen LogP contribution >= 0.6 is 11.6 Å². The van der Waals surface area contributed by atoms with E-state index in [4.69, 9.17) is 16.4 Å². The van der Waals surface area contributed by atoms with Gasteiger partial charge in [-0.15, -0.1) is 0 Å². The fourth-order valence-electron chi connectivity index (χ4n) is 4.32. The van der Waals surface area contributed by atoms with Crippen LogP contribution in [0.4, 0.5) is 5.82 Å². The number of nitrogens with one attached hydrogen (secondary N) is 1. The van der Waals surface area contributed by atoms with Crippen LogP contribution in [0.2, 0.25) is 5.02 Å². The van der Waals surface area contributed by atoms with Crippen LogP contribution in [-0.2, 0) is 4.84 Å². The van der Waals surface area contributed by atoms with Crippen LogP contribution in [-0.4, -0.2) is 41.0 Å². The fourth-order valence-corrected chi connectivity index (χ4v) is 4.50. The molecule has 0 radical (unpaired) electrons. The molecule has 24 heavy (non-hydrogen) atoms. The van der Waals surface area contributed by atoms with E-state index in [-0.39, 0.29) is 5.60 Å². The number of halogens is 1. The van der Waals surface area contributed by atoms with Gasteiger partial charge >= 0.3 is 0 Å². The third-order valence-corrected chi connectivity index (χ3v) is 5.82. The maximum atomic E-state index is 6.08. The third kappa shape index (κ3) is 2.39. The average Bonchev–Trinajstić information content (AvgIpc) is 2.97. The van der Waals surface area contributed by atoms with Gasteiger partial charge in [-0.1, -0.05) is 17.7 Å². The van der Waals surface area contributed by atoms with Crippen LogP contribution in [0.15, 0.2) is 35.5 Å². The summed E-state index contributed by atoms with van der Waals surface area (Å²) in [7, 11) is 0. The molecule has 1 atom stereocenters. The second kappa shape index (κ2) is 5.41. The lowest BCUT2D eigenvalue weighted by molar-refractivity contribution is -0.150. The zero-order valence-electron chi connectivity index (χ0n) is 13.3. The van der Waals surface area contributed by atoms with Crippen LogP contribution in [0.3, 0.4) is 0 Å². The highest BCUT2D eigenvalue weighted by atomic mass is 35.5. The molecular formula is C18H19ClN4O. The van der Waals surface area contributed by atoms with Crippen LogP contribution in [0.1, 0.15) is 19.3 Å². The summed E-state index contributed by atoms with van der Waals surface area (Å²) < 4.78 is 0. The van der Waals surface area contributed by atoms with Crippen LogP contribution < -0.4 is 5.48 Å². The number of rotatable bonds is 1. The first kappa shape index (κ1) is 14.6. The molecule has 0 unspecified atom stereocenters. The van der Waals surface area contributed by atoms with E-state index in [1.54, 1.807) is 0 Å². The van der Waals surface area contributed by atoms with Crippen LogP contribution in [0, 0.1) is 5.92 Å². The van der Waals surface area contributed by atoms with Gasteiger partial charge in [0.15, 0.2) is 5.82 Å². The van der Waals surface area contributed by atoms with E-state index in [1.165, 1.54) is 25.9 Å². The normalized spacial score (nSPS) is 33.5. The molecule has 4 saturated heterocycles. The Bertz CT molecular complexity index is 831. The molecule has 5 heterocycles.